The third-order valence-electron chi connectivity index (χ3n) is 6.58. The molecule has 1 saturated carbocycles. The summed E-state index contributed by atoms with van der Waals surface area (Å²) in [6.45, 7) is 0.904. The summed E-state index contributed by atoms with van der Waals surface area (Å²) in [5.41, 5.74) is 0. The second-order valence-corrected chi connectivity index (χ2v) is 9.47. The molecule has 2 nitrogen and oxygen atoms in total. The molecule has 33 heavy (non-hydrogen) atoms. The average molecular weight is 483 g/mol. The topological polar surface area (TPSA) is 26.3 Å². The summed E-state index contributed by atoms with van der Waals surface area (Å²) < 4.78 is 69.2. The first-order chi connectivity index (χ1) is 15.8. The van der Waals surface area contributed by atoms with Gasteiger partial charge in [-0.25, -0.2) is 0 Å². The smallest absolute Gasteiger partial charge is 0.378 e. The molecule has 1 atom stereocenters. The van der Waals surface area contributed by atoms with E-state index in [-0.39, 0.29) is 6.42 Å². The second kappa shape index (κ2) is 17.7. The molecule has 1 aliphatic carbocycles. The average Bonchev–Trinajstić information content (AvgIpc) is 2.78. The van der Waals surface area contributed by atoms with Crippen LogP contribution in [0.15, 0.2) is 0 Å². The number of ether oxygens (including phenoxy) is 1. The van der Waals surface area contributed by atoms with Crippen LogP contribution < -0.4 is 0 Å². The molecule has 0 bridgehead atoms. The molecule has 0 spiro atoms. The molecule has 0 amide bonds. The summed E-state index contributed by atoms with van der Waals surface area (Å²) in [5, 5.41) is 0. The Labute approximate surface area is 197 Å². The number of rotatable bonds is 20. The van der Waals surface area contributed by atoms with Gasteiger partial charge in [-0.1, -0.05) is 83.5 Å². The van der Waals surface area contributed by atoms with Crippen LogP contribution in [0.3, 0.4) is 0 Å². The van der Waals surface area contributed by atoms with Crippen LogP contribution in [-0.4, -0.2) is 31.1 Å². The summed E-state index contributed by atoms with van der Waals surface area (Å²) in [4.78, 5) is 10.5. The number of unbranched alkanes of at least 4 members (excludes halogenated alkanes) is 13. The Hall–Kier alpha value is -0.720. The Morgan fingerprint density at radius 1 is 0.727 bits per heavy atom. The maximum atomic E-state index is 13.2. The van der Waals surface area contributed by atoms with E-state index in [1.54, 1.807) is 0 Å². The van der Waals surface area contributed by atoms with Gasteiger partial charge < -0.3 is 4.74 Å². The zero-order valence-electron chi connectivity index (χ0n) is 20.1. The molecule has 1 fully saturated rings. The largest absolute Gasteiger partial charge is 0.454 e. The monoisotopic (exact) mass is 482 g/mol. The van der Waals surface area contributed by atoms with Gasteiger partial charge in [-0.05, 0) is 44.9 Å². The Kier molecular flexibility index (Phi) is 16.2. The van der Waals surface area contributed by atoms with Gasteiger partial charge in [0.25, 0.3) is 0 Å². The van der Waals surface area contributed by atoms with Crippen molar-refractivity contribution in [2.75, 3.05) is 6.61 Å². The molecule has 0 aliphatic heterocycles. The van der Waals surface area contributed by atoms with Gasteiger partial charge in [0, 0.05) is 6.61 Å². The highest BCUT2D eigenvalue weighted by Crippen LogP contribution is 2.42. The first kappa shape index (κ1) is 30.3. The Morgan fingerprint density at radius 2 is 1.15 bits per heavy atom. The molecule has 0 aromatic heterocycles. The van der Waals surface area contributed by atoms with E-state index in [0.717, 1.165) is 38.6 Å². The molecule has 0 saturated heterocycles. The number of halogens is 5. The van der Waals surface area contributed by atoms with Crippen molar-refractivity contribution < 1.29 is 31.5 Å². The normalized spacial score (nSPS) is 16.8. The van der Waals surface area contributed by atoms with Crippen LogP contribution in [0.1, 0.15) is 122 Å². The lowest BCUT2D eigenvalue weighted by molar-refractivity contribution is -0.294. The summed E-state index contributed by atoms with van der Waals surface area (Å²) in [6, 6.07) is 0. The lowest BCUT2D eigenvalue weighted by Gasteiger charge is -2.24. The highest BCUT2D eigenvalue weighted by molar-refractivity contribution is 5.56. The molecule has 0 aromatic rings. The van der Waals surface area contributed by atoms with E-state index in [1.165, 1.54) is 77.0 Å². The van der Waals surface area contributed by atoms with Crippen molar-refractivity contribution in [3.05, 3.63) is 6.42 Å². The molecule has 7 heteroatoms. The van der Waals surface area contributed by atoms with Crippen LogP contribution in [0.25, 0.3) is 0 Å². The minimum atomic E-state index is -5.70. The van der Waals surface area contributed by atoms with Crippen molar-refractivity contribution in [2.24, 2.45) is 5.92 Å². The summed E-state index contributed by atoms with van der Waals surface area (Å²) >= 11 is 0. The highest BCUT2D eigenvalue weighted by Gasteiger charge is 2.62. The molecular weight excluding hydrogens is 439 g/mol. The molecular formula is C26H43F5O2. The molecule has 1 aliphatic rings. The van der Waals surface area contributed by atoms with E-state index in [0.29, 0.717) is 12.5 Å². The molecule has 0 heterocycles. The lowest BCUT2D eigenvalue weighted by atomic mass is 9.95. The van der Waals surface area contributed by atoms with E-state index >= 15 is 0 Å². The fourth-order valence-corrected chi connectivity index (χ4v) is 4.40. The number of alkyl halides is 5. The van der Waals surface area contributed by atoms with Crippen LogP contribution in [0, 0.1) is 12.3 Å². The first-order valence-corrected chi connectivity index (χ1v) is 13.0. The van der Waals surface area contributed by atoms with Gasteiger partial charge in [-0.15, -0.1) is 0 Å². The van der Waals surface area contributed by atoms with Gasteiger partial charge in [0.1, 0.15) is 0 Å². The zero-order valence-corrected chi connectivity index (χ0v) is 20.1. The van der Waals surface area contributed by atoms with Crippen molar-refractivity contribution in [3.63, 3.8) is 0 Å². The zero-order chi connectivity index (χ0) is 24.4. The Bertz CT molecular complexity index is 476. The SMILES string of the molecule is O=[C]C(CCCCCCCCCCCCCCCCOC1CC[CH]CC1)C(F)(F)C(F)(F)F. The van der Waals surface area contributed by atoms with E-state index in [9.17, 15) is 26.7 Å². The second-order valence-electron chi connectivity index (χ2n) is 9.47. The van der Waals surface area contributed by atoms with Crippen LogP contribution in [0.4, 0.5) is 22.0 Å². The third-order valence-corrected chi connectivity index (χ3v) is 6.58. The summed E-state index contributed by atoms with van der Waals surface area (Å²) in [6.07, 6.45) is 16.9. The third kappa shape index (κ3) is 13.7. The minimum absolute atomic E-state index is 0.191. The van der Waals surface area contributed by atoms with Gasteiger partial charge in [0.15, 0.2) is 0 Å². The predicted octanol–water partition coefficient (Wildman–Crippen LogP) is 8.92. The molecule has 2 radical (unpaired) electrons. The van der Waals surface area contributed by atoms with Gasteiger partial charge in [-0.3, -0.25) is 4.79 Å². The van der Waals surface area contributed by atoms with Crippen LogP contribution in [-0.2, 0) is 9.53 Å². The quantitative estimate of drug-likeness (QED) is 0.128. The number of hydrogen-bond donors (Lipinski definition) is 0. The minimum Gasteiger partial charge on any atom is -0.378 e. The highest BCUT2D eigenvalue weighted by atomic mass is 19.4. The Balaban J connectivity index is 1.82. The maximum Gasteiger partial charge on any atom is 0.454 e. The van der Waals surface area contributed by atoms with Gasteiger partial charge in [-0.2, -0.15) is 22.0 Å². The van der Waals surface area contributed by atoms with Gasteiger partial charge in [0.2, 0.25) is 6.29 Å². The maximum absolute atomic E-state index is 13.2. The van der Waals surface area contributed by atoms with E-state index in [2.05, 4.69) is 6.42 Å². The molecule has 0 N–H and O–H groups in total. The molecule has 0 aromatic carbocycles. The first-order valence-electron chi connectivity index (χ1n) is 13.0. The van der Waals surface area contributed by atoms with Crippen molar-refractivity contribution in [3.8, 4) is 0 Å². The predicted molar refractivity (Wildman–Crippen MR) is 122 cm³/mol. The lowest BCUT2D eigenvalue weighted by Crippen LogP contribution is -2.44. The van der Waals surface area contributed by atoms with Gasteiger partial charge in [0.05, 0.1) is 12.0 Å². The molecule has 194 valence electrons. The van der Waals surface area contributed by atoms with Crippen molar-refractivity contribution in [1.82, 2.24) is 0 Å². The van der Waals surface area contributed by atoms with Gasteiger partial charge >= 0.3 is 12.1 Å². The van der Waals surface area contributed by atoms with Crippen molar-refractivity contribution >= 4 is 6.29 Å². The van der Waals surface area contributed by atoms with Crippen molar-refractivity contribution in [1.29, 1.82) is 0 Å². The number of carbonyl (C=O) groups excluding carboxylic acids is 1. The molecule has 1 rings (SSSR count). The van der Waals surface area contributed by atoms with Crippen molar-refractivity contribution in [2.45, 2.75) is 140 Å². The van der Waals surface area contributed by atoms with Crippen LogP contribution in [0.2, 0.25) is 0 Å². The standard InChI is InChI=1S/C26H43F5O2/c27-25(28,26(29,30)31)23(22-32)18-14-11-9-7-5-3-1-2-4-6-8-10-12-17-21-33-24-19-15-13-16-20-24/h13,23-24H,1-12,14-21H2. The Morgan fingerprint density at radius 3 is 1.58 bits per heavy atom. The fraction of sp³-hybridized carbons (Fsp3) is 0.923. The fourth-order valence-electron chi connectivity index (χ4n) is 4.40. The van der Waals surface area contributed by atoms with E-state index < -0.39 is 24.4 Å². The molecule has 1 unspecified atom stereocenters. The van der Waals surface area contributed by atoms with Crippen LogP contribution in [0.5, 0.6) is 0 Å². The summed E-state index contributed by atoms with van der Waals surface area (Å²) in [5.74, 6) is -7.39. The summed E-state index contributed by atoms with van der Waals surface area (Å²) in [7, 11) is 0. The number of hydrogen-bond acceptors (Lipinski definition) is 2. The van der Waals surface area contributed by atoms with Crippen LogP contribution >= 0.6 is 0 Å². The van der Waals surface area contributed by atoms with E-state index in [4.69, 9.17) is 4.74 Å². The van der Waals surface area contributed by atoms with E-state index in [1.807, 2.05) is 0 Å².